The molecule has 1 fully saturated rings. The van der Waals surface area contributed by atoms with E-state index in [1.807, 2.05) is 19.2 Å². The Morgan fingerprint density at radius 3 is 2.81 bits per heavy atom. The second-order valence-corrected chi connectivity index (χ2v) is 5.77. The number of nitrogens with zero attached hydrogens (tertiary/aromatic N) is 2. The molecule has 0 saturated carbocycles. The van der Waals surface area contributed by atoms with E-state index in [4.69, 9.17) is 4.74 Å². The third-order valence-electron chi connectivity index (χ3n) is 4.09. The minimum absolute atomic E-state index is 0.0527. The number of hydrogen-bond acceptors (Lipinski definition) is 4. The molecule has 1 N–H and O–H groups in total. The molecule has 1 heterocycles. The van der Waals surface area contributed by atoms with Crippen LogP contribution in [0, 0.1) is 0 Å². The molecule has 2 unspecified atom stereocenters. The first-order valence-corrected chi connectivity index (χ1v) is 7.31. The maximum absolute atomic E-state index is 12.0. The fourth-order valence-corrected chi connectivity index (χ4v) is 2.71. The van der Waals surface area contributed by atoms with Crippen LogP contribution in [0.4, 0.5) is 0 Å². The van der Waals surface area contributed by atoms with Crippen molar-refractivity contribution in [2.24, 2.45) is 0 Å². The van der Waals surface area contributed by atoms with Crippen LogP contribution in [-0.4, -0.2) is 63.1 Å². The minimum atomic E-state index is -0.0527. The van der Waals surface area contributed by atoms with Gasteiger partial charge in [0, 0.05) is 26.2 Å². The predicted molar refractivity (Wildman–Crippen MR) is 83.5 cm³/mol. The highest BCUT2D eigenvalue weighted by molar-refractivity contribution is 5.83. The summed E-state index contributed by atoms with van der Waals surface area (Å²) in [5.41, 5.74) is 1.19. The number of likely N-dealkylation sites (tertiary alicyclic amines) is 1. The van der Waals surface area contributed by atoms with Crippen LogP contribution in [0.25, 0.3) is 0 Å². The van der Waals surface area contributed by atoms with Gasteiger partial charge in [-0.1, -0.05) is 12.1 Å². The van der Waals surface area contributed by atoms with Crippen LogP contribution in [0.15, 0.2) is 24.3 Å². The first kappa shape index (κ1) is 15.8. The van der Waals surface area contributed by atoms with Gasteiger partial charge in [0.1, 0.15) is 5.75 Å². The topological polar surface area (TPSA) is 44.8 Å². The summed E-state index contributed by atoms with van der Waals surface area (Å²) in [6, 6.07) is 8.24. The summed E-state index contributed by atoms with van der Waals surface area (Å²) in [6.07, 6.45) is 0.883. The molecule has 1 aromatic carbocycles. The van der Waals surface area contributed by atoms with Crippen LogP contribution < -0.4 is 10.1 Å². The molecule has 116 valence electrons. The van der Waals surface area contributed by atoms with Crippen LogP contribution in [0.1, 0.15) is 18.0 Å². The predicted octanol–water partition coefficient (Wildman–Crippen LogP) is 1.12. The number of benzene rings is 1. The maximum Gasteiger partial charge on any atom is 0.239 e. The van der Waals surface area contributed by atoms with Gasteiger partial charge >= 0.3 is 0 Å². The van der Waals surface area contributed by atoms with Gasteiger partial charge in [-0.25, -0.2) is 0 Å². The summed E-state index contributed by atoms with van der Waals surface area (Å²) in [5.74, 6) is 1.05. The smallest absolute Gasteiger partial charge is 0.239 e. The zero-order chi connectivity index (χ0) is 15.4. The van der Waals surface area contributed by atoms with Crippen molar-refractivity contribution in [1.82, 2.24) is 15.1 Å². The molecular weight excluding hydrogens is 266 g/mol. The average molecular weight is 291 g/mol. The lowest BCUT2D eigenvalue weighted by Gasteiger charge is -2.26. The molecule has 0 aromatic heterocycles. The SMILES string of the molecule is COc1cccc(C(CNC2CCN(C)C2=O)N(C)C)c1. The van der Waals surface area contributed by atoms with Crippen LogP contribution in [-0.2, 0) is 4.79 Å². The third-order valence-corrected chi connectivity index (χ3v) is 4.09. The average Bonchev–Trinajstić information content (AvgIpc) is 2.79. The summed E-state index contributed by atoms with van der Waals surface area (Å²) in [4.78, 5) is 15.9. The van der Waals surface area contributed by atoms with Crippen molar-refractivity contribution >= 4 is 5.91 Å². The van der Waals surface area contributed by atoms with E-state index in [2.05, 4.69) is 36.4 Å². The molecule has 1 aliphatic heterocycles. The largest absolute Gasteiger partial charge is 0.497 e. The number of rotatable bonds is 6. The molecule has 5 heteroatoms. The summed E-state index contributed by atoms with van der Waals surface area (Å²) < 4.78 is 5.29. The standard InChI is InChI=1S/C16H25N3O2/c1-18(2)15(12-6-5-7-13(10-12)21-4)11-17-14-8-9-19(3)16(14)20/h5-7,10,14-15,17H,8-9,11H2,1-4H3. The molecule has 0 radical (unpaired) electrons. The number of ether oxygens (including phenoxy) is 1. The molecule has 1 aliphatic rings. The maximum atomic E-state index is 12.0. The fraction of sp³-hybridized carbons (Fsp3) is 0.562. The van der Waals surface area contributed by atoms with Crippen LogP contribution in [0.2, 0.25) is 0 Å². The highest BCUT2D eigenvalue weighted by atomic mass is 16.5. The molecule has 1 amide bonds. The van der Waals surface area contributed by atoms with Gasteiger partial charge in [-0.3, -0.25) is 4.79 Å². The molecule has 0 spiro atoms. The Labute approximate surface area is 126 Å². The van der Waals surface area contributed by atoms with E-state index < -0.39 is 0 Å². The second kappa shape index (κ2) is 6.91. The number of nitrogens with one attached hydrogen (secondary N) is 1. The Morgan fingerprint density at radius 1 is 1.48 bits per heavy atom. The molecule has 1 saturated heterocycles. The molecule has 2 rings (SSSR count). The highest BCUT2D eigenvalue weighted by Crippen LogP contribution is 2.22. The summed E-state index contributed by atoms with van der Waals surface area (Å²) in [6.45, 7) is 1.58. The normalized spacial score (nSPS) is 20.1. The van der Waals surface area contributed by atoms with E-state index in [0.29, 0.717) is 0 Å². The zero-order valence-electron chi connectivity index (χ0n) is 13.3. The van der Waals surface area contributed by atoms with Crippen molar-refractivity contribution in [3.63, 3.8) is 0 Å². The van der Waals surface area contributed by atoms with Crippen LogP contribution in [0.5, 0.6) is 5.75 Å². The number of amides is 1. The van der Waals surface area contributed by atoms with E-state index in [1.165, 1.54) is 5.56 Å². The molecule has 1 aromatic rings. The van der Waals surface area contributed by atoms with Crippen LogP contribution in [0.3, 0.4) is 0 Å². The lowest BCUT2D eigenvalue weighted by Crippen LogP contribution is -2.41. The van der Waals surface area contributed by atoms with E-state index in [-0.39, 0.29) is 18.0 Å². The first-order valence-electron chi connectivity index (χ1n) is 7.31. The quantitative estimate of drug-likeness (QED) is 0.853. The van der Waals surface area contributed by atoms with Gasteiger partial charge in [0.05, 0.1) is 13.2 Å². The minimum Gasteiger partial charge on any atom is -0.497 e. The van der Waals surface area contributed by atoms with Gasteiger partial charge in [0.15, 0.2) is 0 Å². The van der Waals surface area contributed by atoms with E-state index >= 15 is 0 Å². The van der Waals surface area contributed by atoms with Crippen molar-refractivity contribution in [2.45, 2.75) is 18.5 Å². The van der Waals surface area contributed by atoms with Crippen LogP contribution >= 0.6 is 0 Å². The van der Waals surface area contributed by atoms with Crippen molar-refractivity contribution < 1.29 is 9.53 Å². The Kier molecular flexibility index (Phi) is 5.20. The van der Waals surface area contributed by atoms with Gasteiger partial charge in [0.2, 0.25) is 5.91 Å². The number of hydrogen-bond donors (Lipinski definition) is 1. The molecule has 2 atom stereocenters. The van der Waals surface area contributed by atoms with Crippen molar-refractivity contribution in [1.29, 1.82) is 0 Å². The summed E-state index contributed by atoms with van der Waals surface area (Å²) in [5, 5.41) is 3.41. The highest BCUT2D eigenvalue weighted by Gasteiger charge is 2.29. The Balaban J connectivity index is 2.04. The molecule has 5 nitrogen and oxygen atoms in total. The lowest BCUT2D eigenvalue weighted by atomic mass is 10.0. The van der Waals surface area contributed by atoms with E-state index in [1.54, 1.807) is 12.0 Å². The lowest BCUT2D eigenvalue weighted by molar-refractivity contribution is -0.128. The second-order valence-electron chi connectivity index (χ2n) is 5.77. The summed E-state index contributed by atoms with van der Waals surface area (Å²) in [7, 11) is 7.63. The number of carbonyl (C=O) groups is 1. The Morgan fingerprint density at radius 2 is 2.24 bits per heavy atom. The Hall–Kier alpha value is -1.59. The van der Waals surface area contributed by atoms with Crippen molar-refractivity contribution in [3.05, 3.63) is 29.8 Å². The van der Waals surface area contributed by atoms with Gasteiger partial charge in [0.25, 0.3) is 0 Å². The van der Waals surface area contributed by atoms with Crippen molar-refractivity contribution in [3.8, 4) is 5.75 Å². The number of methoxy groups -OCH3 is 1. The number of carbonyl (C=O) groups excluding carboxylic acids is 1. The fourth-order valence-electron chi connectivity index (χ4n) is 2.71. The zero-order valence-corrected chi connectivity index (χ0v) is 13.3. The monoisotopic (exact) mass is 291 g/mol. The van der Waals surface area contributed by atoms with Gasteiger partial charge in [-0.2, -0.15) is 0 Å². The van der Waals surface area contributed by atoms with Crippen molar-refractivity contribution in [2.75, 3.05) is 41.3 Å². The van der Waals surface area contributed by atoms with E-state index in [0.717, 1.165) is 25.3 Å². The molecule has 21 heavy (non-hydrogen) atoms. The number of likely N-dealkylation sites (N-methyl/N-ethyl adjacent to an activating group) is 2. The first-order chi connectivity index (χ1) is 10.0. The Bertz CT molecular complexity index is 490. The van der Waals surface area contributed by atoms with Gasteiger partial charge < -0.3 is 19.9 Å². The summed E-state index contributed by atoms with van der Waals surface area (Å²) >= 11 is 0. The van der Waals surface area contributed by atoms with Gasteiger partial charge in [-0.05, 0) is 38.2 Å². The van der Waals surface area contributed by atoms with E-state index in [9.17, 15) is 4.79 Å². The third kappa shape index (κ3) is 3.74. The molecule has 0 bridgehead atoms. The van der Waals surface area contributed by atoms with Gasteiger partial charge in [-0.15, -0.1) is 0 Å². The molecule has 0 aliphatic carbocycles. The molecular formula is C16H25N3O2.